The van der Waals surface area contributed by atoms with Crippen LogP contribution in [0.3, 0.4) is 0 Å². The average molecular weight is 222 g/mol. The monoisotopic (exact) mass is 222 g/mol. The molecule has 2 heterocycles. The summed E-state index contributed by atoms with van der Waals surface area (Å²) < 4.78 is 1.64. The lowest BCUT2D eigenvalue weighted by atomic mass is 10.0. The normalized spacial score (nSPS) is 25.4. The predicted molar refractivity (Wildman–Crippen MR) is 61.2 cm³/mol. The van der Waals surface area contributed by atoms with Crippen molar-refractivity contribution in [2.75, 3.05) is 6.54 Å². The molecule has 0 radical (unpaired) electrons. The van der Waals surface area contributed by atoms with Crippen LogP contribution in [0.1, 0.15) is 30.1 Å². The molecule has 0 bridgehead atoms. The molecule has 5 heteroatoms. The van der Waals surface area contributed by atoms with Crippen LogP contribution in [0.25, 0.3) is 0 Å². The number of aromatic nitrogens is 2. The highest BCUT2D eigenvalue weighted by molar-refractivity contribution is 5.93. The van der Waals surface area contributed by atoms with Gasteiger partial charge in [-0.2, -0.15) is 5.10 Å². The highest BCUT2D eigenvalue weighted by atomic mass is 16.1. The lowest BCUT2D eigenvalue weighted by Crippen LogP contribution is -2.48. The van der Waals surface area contributed by atoms with Gasteiger partial charge in [0.25, 0.3) is 5.91 Å². The third-order valence-corrected chi connectivity index (χ3v) is 2.96. The van der Waals surface area contributed by atoms with E-state index in [4.69, 9.17) is 0 Å². The number of hydrogen-bond acceptors (Lipinski definition) is 3. The Morgan fingerprint density at radius 1 is 1.62 bits per heavy atom. The summed E-state index contributed by atoms with van der Waals surface area (Å²) in [5.41, 5.74) is 0.626. The molecule has 1 aromatic rings. The summed E-state index contributed by atoms with van der Waals surface area (Å²) in [6.07, 6.45) is 5.47. The number of nitrogens with one attached hydrogen (secondary N) is 2. The molecule has 88 valence electrons. The van der Waals surface area contributed by atoms with E-state index in [0.29, 0.717) is 11.6 Å². The van der Waals surface area contributed by atoms with E-state index in [1.54, 1.807) is 24.1 Å². The van der Waals surface area contributed by atoms with Gasteiger partial charge in [0, 0.05) is 31.9 Å². The molecule has 2 N–H and O–H groups in total. The SMILES string of the molecule is CC1CCC(NC(=O)c2cnn(C)c2)CN1. The van der Waals surface area contributed by atoms with Gasteiger partial charge < -0.3 is 10.6 Å². The molecule has 0 spiro atoms. The Morgan fingerprint density at radius 2 is 2.44 bits per heavy atom. The van der Waals surface area contributed by atoms with E-state index in [2.05, 4.69) is 22.7 Å². The fourth-order valence-corrected chi connectivity index (χ4v) is 1.93. The number of hydrogen-bond donors (Lipinski definition) is 2. The van der Waals surface area contributed by atoms with Crippen molar-refractivity contribution in [3.05, 3.63) is 18.0 Å². The molecule has 2 unspecified atom stereocenters. The minimum atomic E-state index is -0.0329. The Kier molecular flexibility index (Phi) is 3.24. The fraction of sp³-hybridized carbons (Fsp3) is 0.636. The molecule has 1 aliphatic rings. The van der Waals surface area contributed by atoms with Crippen LogP contribution in [0.15, 0.2) is 12.4 Å². The summed E-state index contributed by atoms with van der Waals surface area (Å²) in [5.74, 6) is -0.0329. The molecule has 1 saturated heterocycles. The number of amides is 1. The Balaban J connectivity index is 1.88. The molecule has 2 atom stereocenters. The number of aryl methyl sites for hydroxylation is 1. The van der Waals surface area contributed by atoms with E-state index < -0.39 is 0 Å². The molecule has 5 nitrogen and oxygen atoms in total. The number of piperidine rings is 1. The number of nitrogens with zero attached hydrogens (tertiary/aromatic N) is 2. The van der Waals surface area contributed by atoms with E-state index in [9.17, 15) is 4.79 Å². The van der Waals surface area contributed by atoms with Crippen LogP contribution >= 0.6 is 0 Å². The zero-order valence-electron chi connectivity index (χ0n) is 9.73. The molecule has 1 aromatic heterocycles. The smallest absolute Gasteiger partial charge is 0.254 e. The summed E-state index contributed by atoms with van der Waals surface area (Å²) in [7, 11) is 1.81. The second-order valence-corrected chi connectivity index (χ2v) is 4.46. The molecule has 2 rings (SSSR count). The van der Waals surface area contributed by atoms with Crippen molar-refractivity contribution in [1.82, 2.24) is 20.4 Å². The van der Waals surface area contributed by atoms with Gasteiger partial charge in [-0.15, -0.1) is 0 Å². The van der Waals surface area contributed by atoms with Crippen LogP contribution in [0.4, 0.5) is 0 Å². The van der Waals surface area contributed by atoms with Crippen molar-refractivity contribution in [3.63, 3.8) is 0 Å². The zero-order valence-corrected chi connectivity index (χ0v) is 9.73. The quantitative estimate of drug-likeness (QED) is 0.756. The largest absolute Gasteiger partial charge is 0.348 e. The van der Waals surface area contributed by atoms with Gasteiger partial charge in [-0.3, -0.25) is 9.48 Å². The maximum absolute atomic E-state index is 11.8. The number of carbonyl (C=O) groups is 1. The summed E-state index contributed by atoms with van der Waals surface area (Å²) in [5, 5.41) is 10.4. The van der Waals surface area contributed by atoms with Crippen molar-refractivity contribution >= 4 is 5.91 Å². The second kappa shape index (κ2) is 4.65. The minimum absolute atomic E-state index is 0.0329. The molecular weight excluding hydrogens is 204 g/mol. The van der Waals surface area contributed by atoms with E-state index in [0.717, 1.165) is 19.4 Å². The molecule has 0 saturated carbocycles. The van der Waals surface area contributed by atoms with Crippen LogP contribution in [-0.2, 0) is 7.05 Å². The summed E-state index contributed by atoms with van der Waals surface area (Å²) >= 11 is 0. The highest BCUT2D eigenvalue weighted by Crippen LogP contribution is 2.08. The third kappa shape index (κ3) is 2.61. The zero-order chi connectivity index (χ0) is 11.5. The average Bonchev–Trinajstić information content (AvgIpc) is 2.68. The summed E-state index contributed by atoms with van der Waals surface area (Å²) in [6.45, 7) is 3.02. The first-order valence-corrected chi connectivity index (χ1v) is 5.68. The lowest BCUT2D eigenvalue weighted by molar-refractivity contribution is 0.0927. The van der Waals surface area contributed by atoms with Gasteiger partial charge in [0.2, 0.25) is 0 Å². The van der Waals surface area contributed by atoms with Crippen molar-refractivity contribution in [2.45, 2.75) is 31.8 Å². The Morgan fingerprint density at radius 3 is 3.00 bits per heavy atom. The molecule has 1 aliphatic heterocycles. The summed E-state index contributed by atoms with van der Waals surface area (Å²) in [4.78, 5) is 11.8. The minimum Gasteiger partial charge on any atom is -0.348 e. The van der Waals surface area contributed by atoms with Crippen LogP contribution < -0.4 is 10.6 Å². The van der Waals surface area contributed by atoms with E-state index in [1.807, 2.05) is 0 Å². The molecular formula is C11H18N4O. The second-order valence-electron chi connectivity index (χ2n) is 4.46. The maximum atomic E-state index is 11.8. The van der Waals surface area contributed by atoms with Gasteiger partial charge in [0.15, 0.2) is 0 Å². The van der Waals surface area contributed by atoms with E-state index in [-0.39, 0.29) is 11.9 Å². The third-order valence-electron chi connectivity index (χ3n) is 2.96. The first-order chi connectivity index (χ1) is 7.65. The molecule has 1 amide bonds. The van der Waals surface area contributed by atoms with Crippen LogP contribution in [-0.4, -0.2) is 34.3 Å². The lowest BCUT2D eigenvalue weighted by Gasteiger charge is -2.28. The van der Waals surface area contributed by atoms with Gasteiger partial charge in [-0.25, -0.2) is 0 Å². The molecule has 16 heavy (non-hydrogen) atoms. The standard InChI is InChI=1S/C11H18N4O/c1-8-3-4-10(6-12-8)14-11(16)9-5-13-15(2)7-9/h5,7-8,10,12H,3-4,6H2,1-2H3,(H,14,16). The predicted octanol–water partition coefficient (Wildman–Crippen LogP) is 0.290. The highest BCUT2D eigenvalue weighted by Gasteiger charge is 2.19. The number of carbonyl (C=O) groups excluding carboxylic acids is 1. The van der Waals surface area contributed by atoms with Gasteiger partial charge in [-0.05, 0) is 19.8 Å². The molecule has 0 aromatic carbocycles. The van der Waals surface area contributed by atoms with Gasteiger partial charge in [0.1, 0.15) is 0 Å². The van der Waals surface area contributed by atoms with Crippen LogP contribution in [0.2, 0.25) is 0 Å². The Labute approximate surface area is 95.2 Å². The Bertz CT molecular complexity index is 366. The molecule has 1 fully saturated rings. The maximum Gasteiger partial charge on any atom is 0.254 e. The fourth-order valence-electron chi connectivity index (χ4n) is 1.93. The van der Waals surface area contributed by atoms with Crippen molar-refractivity contribution in [2.24, 2.45) is 7.05 Å². The van der Waals surface area contributed by atoms with Gasteiger partial charge in [0.05, 0.1) is 11.8 Å². The topological polar surface area (TPSA) is 59.0 Å². The van der Waals surface area contributed by atoms with E-state index >= 15 is 0 Å². The first-order valence-electron chi connectivity index (χ1n) is 5.68. The van der Waals surface area contributed by atoms with Crippen molar-refractivity contribution in [3.8, 4) is 0 Å². The number of rotatable bonds is 2. The van der Waals surface area contributed by atoms with E-state index in [1.165, 1.54) is 0 Å². The van der Waals surface area contributed by atoms with Crippen LogP contribution in [0, 0.1) is 0 Å². The first kappa shape index (κ1) is 11.1. The summed E-state index contributed by atoms with van der Waals surface area (Å²) in [6, 6.07) is 0.801. The van der Waals surface area contributed by atoms with Crippen LogP contribution in [0.5, 0.6) is 0 Å². The molecule has 0 aliphatic carbocycles. The van der Waals surface area contributed by atoms with Gasteiger partial charge in [-0.1, -0.05) is 0 Å². The van der Waals surface area contributed by atoms with Gasteiger partial charge >= 0.3 is 0 Å². The van der Waals surface area contributed by atoms with Crippen molar-refractivity contribution < 1.29 is 4.79 Å². The van der Waals surface area contributed by atoms with Crippen molar-refractivity contribution in [1.29, 1.82) is 0 Å². The Hall–Kier alpha value is -1.36.